The predicted octanol–water partition coefficient (Wildman–Crippen LogP) is -1.92. The molecule has 1 unspecified atom stereocenters. The number of esters is 1. The second kappa shape index (κ2) is 6.98. The maximum atomic E-state index is 12.0. The molecule has 11 nitrogen and oxygen atoms in total. The number of anilines is 1. The molecule has 3 N–H and O–H groups in total. The predicted molar refractivity (Wildman–Crippen MR) is 88.2 cm³/mol. The molecule has 4 atom stereocenters. The second-order valence-electron chi connectivity index (χ2n) is 5.75. The summed E-state index contributed by atoms with van der Waals surface area (Å²) in [5, 5.41) is 10.5. The van der Waals surface area contributed by atoms with E-state index in [1.807, 2.05) is 0 Å². The van der Waals surface area contributed by atoms with Gasteiger partial charge in [0.15, 0.2) is 0 Å². The van der Waals surface area contributed by atoms with Crippen LogP contribution in [-0.4, -0.2) is 59.9 Å². The van der Waals surface area contributed by atoms with E-state index in [1.165, 1.54) is 19.2 Å². The van der Waals surface area contributed by atoms with Gasteiger partial charge in [-0.1, -0.05) is 0 Å². The van der Waals surface area contributed by atoms with Crippen molar-refractivity contribution in [1.82, 2.24) is 9.55 Å². The van der Waals surface area contributed by atoms with Gasteiger partial charge in [-0.3, -0.25) is 0 Å². The molecule has 3 rings (SSSR count). The molecule has 0 saturated carbocycles. The molecule has 13 heteroatoms. The molecule has 1 aromatic heterocycles. The number of nitrogen functional groups attached to an aromatic ring is 1. The third-order valence-electron chi connectivity index (χ3n) is 3.88. The number of fused-ring (bicyclic) bond motifs is 1. The Hall–Kier alpha value is -1.56. The van der Waals surface area contributed by atoms with Gasteiger partial charge in [-0.15, -0.1) is 0 Å². The van der Waals surface area contributed by atoms with Crippen LogP contribution >= 0.6 is 7.82 Å². The van der Waals surface area contributed by atoms with Gasteiger partial charge in [0.2, 0.25) is 0 Å². The van der Waals surface area contributed by atoms with E-state index in [9.17, 15) is 14.7 Å². The van der Waals surface area contributed by atoms with Gasteiger partial charge in [-0.25, -0.2) is 0 Å². The van der Waals surface area contributed by atoms with Crippen molar-refractivity contribution in [3.8, 4) is 0 Å². The Kier molecular flexibility index (Phi) is 5.10. The summed E-state index contributed by atoms with van der Waals surface area (Å²) >= 11 is 0. The number of ether oxygens (including phenoxy) is 2. The van der Waals surface area contributed by atoms with Crippen molar-refractivity contribution in [2.24, 2.45) is 0 Å². The Labute approximate surface area is 143 Å². The van der Waals surface area contributed by atoms with E-state index >= 15 is 0 Å². The minimum absolute atomic E-state index is 0.0737. The van der Waals surface area contributed by atoms with Gasteiger partial charge in [-0.05, 0) is 0 Å². The number of aliphatic hydroxyl groups is 1. The van der Waals surface area contributed by atoms with Gasteiger partial charge in [0.25, 0.3) is 0 Å². The van der Waals surface area contributed by atoms with Crippen molar-refractivity contribution in [1.29, 1.82) is 0 Å². The van der Waals surface area contributed by atoms with Crippen LogP contribution in [0.1, 0.15) is 13.2 Å². The van der Waals surface area contributed by atoms with Gasteiger partial charge < -0.3 is 0 Å². The topological polar surface area (TPSA) is 144 Å². The Bertz CT molecular complexity index is 720. The zero-order valence-corrected chi connectivity index (χ0v) is 14.7. The van der Waals surface area contributed by atoms with E-state index in [-0.39, 0.29) is 19.2 Å². The molecule has 2 aliphatic rings. The summed E-state index contributed by atoms with van der Waals surface area (Å²) in [7, 11) is -1.51. The van der Waals surface area contributed by atoms with Crippen LogP contribution in [0.3, 0.4) is 0 Å². The molecule has 2 fully saturated rings. The van der Waals surface area contributed by atoms with Crippen molar-refractivity contribution in [3.63, 3.8) is 0 Å². The molecule has 0 aromatic carbocycles. The first-order chi connectivity index (χ1) is 11.8. The number of nitrogens with zero attached hydrogens (tertiary/aromatic N) is 2. The monoisotopic (exact) mass is 375 g/mol. The van der Waals surface area contributed by atoms with E-state index < -0.39 is 44.0 Å². The summed E-state index contributed by atoms with van der Waals surface area (Å²) in [5.41, 5.74) is 4.82. The molecule has 0 radical (unpaired) electrons. The number of carbonyl (C=O) groups is 1. The standard InChI is InChI=1S/C12H19BN3O8P/c1-6(17)20-5-22-25(13)21-4-7-10(24-25)9(18)11(23-7)16-3-2-8(14)15-12(16)19/h2-3,7,9-11,18,25H,4-5,13H2,1H3,(H2,14,15,19)/t7-,9?,10-,11-/m1/s1. The Morgan fingerprint density at radius 2 is 2.40 bits per heavy atom. The van der Waals surface area contributed by atoms with E-state index in [4.69, 9.17) is 28.8 Å². The number of rotatable bonds is 4. The summed E-state index contributed by atoms with van der Waals surface area (Å²) < 4.78 is 28.3. The number of hydrogen-bond donors (Lipinski definition) is 2. The van der Waals surface area contributed by atoms with Gasteiger partial charge in [0, 0.05) is 0 Å². The van der Waals surface area contributed by atoms with Crippen molar-refractivity contribution in [2.75, 3.05) is 19.1 Å². The summed E-state index contributed by atoms with van der Waals surface area (Å²) in [6.07, 6.45) is -2.06. The molecule has 1 aromatic rings. The first kappa shape index (κ1) is 18.2. The van der Waals surface area contributed by atoms with E-state index in [2.05, 4.69) is 4.98 Å². The van der Waals surface area contributed by atoms with Crippen LogP contribution in [0.5, 0.6) is 0 Å². The normalized spacial score (nSPS) is 31.9. The average Bonchev–Trinajstić information content (AvgIpc) is 2.83. The molecule has 25 heavy (non-hydrogen) atoms. The molecule has 0 aliphatic carbocycles. The molecule has 2 aliphatic heterocycles. The fourth-order valence-electron chi connectivity index (χ4n) is 2.66. The van der Waals surface area contributed by atoms with Crippen molar-refractivity contribution in [3.05, 3.63) is 22.7 Å². The fourth-order valence-corrected chi connectivity index (χ4v) is 4.40. The Morgan fingerprint density at radius 3 is 3.08 bits per heavy atom. The summed E-state index contributed by atoms with van der Waals surface area (Å²) in [6.45, 7) is 1.05. The van der Waals surface area contributed by atoms with Gasteiger partial charge in [0.1, 0.15) is 0 Å². The number of aromatic nitrogens is 2. The molecular weight excluding hydrogens is 356 g/mol. The Balaban J connectivity index is 1.71. The van der Waals surface area contributed by atoms with Gasteiger partial charge >= 0.3 is 143 Å². The first-order valence-electron chi connectivity index (χ1n) is 7.56. The number of aliphatic hydroxyl groups excluding tert-OH is 1. The molecule has 2 saturated heterocycles. The van der Waals surface area contributed by atoms with Crippen LogP contribution in [0.15, 0.2) is 17.1 Å². The Morgan fingerprint density at radius 1 is 1.64 bits per heavy atom. The zero-order valence-electron chi connectivity index (χ0n) is 13.7. The summed E-state index contributed by atoms with van der Waals surface area (Å²) in [4.78, 5) is 26.4. The van der Waals surface area contributed by atoms with E-state index in [1.54, 1.807) is 7.57 Å². The van der Waals surface area contributed by atoms with Crippen molar-refractivity contribution >= 4 is 27.2 Å². The SMILES string of the molecule is B[PH]1(OCOC(C)=O)OC[C@H]2O[C@@H](n3ccc(N)nc3=O)C(O)[C@@H]2O1. The van der Waals surface area contributed by atoms with Crippen LogP contribution in [0.25, 0.3) is 0 Å². The number of nitrogens with two attached hydrogens (primary N) is 1. The quantitative estimate of drug-likeness (QED) is 0.264. The average molecular weight is 375 g/mol. The van der Waals surface area contributed by atoms with Crippen LogP contribution in [0, 0.1) is 0 Å². The molecule has 138 valence electrons. The minimum atomic E-state index is -3.12. The third kappa shape index (κ3) is 3.84. The second-order valence-corrected chi connectivity index (χ2v) is 8.29. The molecule has 3 heterocycles. The van der Waals surface area contributed by atoms with Crippen LogP contribution in [0.4, 0.5) is 5.82 Å². The van der Waals surface area contributed by atoms with Crippen molar-refractivity contribution < 1.29 is 32.9 Å². The van der Waals surface area contributed by atoms with Crippen LogP contribution < -0.4 is 11.4 Å². The number of hydrogen-bond acceptors (Lipinski definition) is 10. The fraction of sp³-hybridized carbons (Fsp3) is 0.583. The molecular formula is C12H19BN3O8P. The van der Waals surface area contributed by atoms with Crippen molar-refractivity contribution in [2.45, 2.75) is 31.5 Å². The van der Waals surface area contributed by atoms with E-state index in [0.29, 0.717) is 0 Å². The van der Waals surface area contributed by atoms with Crippen LogP contribution in [-0.2, 0) is 27.8 Å². The van der Waals surface area contributed by atoms with Gasteiger partial charge in [0.05, 0.1) is 0 Å². The molecule has 0 amide bonds. The maximum absolute atomic E-state index is 12.0. The summed E-state index contributed by atoms with van der Waals surface area (Å²) in [5.74, 6) is -0.421. The van der Waals surface area contributed by atoms with Gasteiger partial charge in [-0.2, -0.15) is 0 Å². The third-order valence-corrected chi connectivity index (χ3v) is 5.91. The molecule has 0 bridgehead atoms. The molecule has 0 spiro atoms. The number of carbonyl (C=O) groups excluding carboxylic acids is 1. The van der Waals surface area contributed by atoms with E-state index in [0.717, 1.165) is 4.57 Å². The first-order valence-corrected chi connectivity index (χ1v) is 9.79. The summed E-state index contributed by atoms with van der Waals surface area (Å²) in [6, 6.07) is 1.43. The van der Waals surface area contributed by atoms with Crippen LogP contribution in [0.2, 0.25) is 0 Å². The zero-order chi connectivity index (χ0) is 18.2.